The van der Waals surface area contributed by atoms with Gasteiger partial charge in [0.15, 0.2) is 0 Å². The van der Waals surface area contributed by atoms with Gasteiger partial charge >= 0.3 is 0 Å². The van der Waals surface area contributed by atoms with Crippen LogP contribution in [-0.2, 0) is 9.53 Å². The van der Waals surface area contributed by atoms with Crippen LogP contribution in [0.3, 0.4) is 0 Å². The lowest BCUT2D eigenvalue weighted by Crippen LogP contribution is -2.45. The fourth-order valence-corrected chi connectivity index (χ4v) is 2.12. The first kappa shape index (κ1) is 17.4. The maximum atomic E-state index is 11.6. The molecule has 0 saturated heterocycles. The fourth-order valence-electron chi connectivity index (χ4n) is 2.12. The first-order chi connectivity index (χ1) is 8.42. The number of rotatable bonds is 9. The maximum absolute atomic E-state index is 11.6. The molecule has 0 bridgehead atoms. The van der Waals surface area contributed by atoms with Crippen LogP contribution >= 0.6 is 0 Å². The van der Waals surface area contributed by atoms with Crippen molar-refractivity contribution in [2.45, 2.75) is 52.7 Å². The minimum Gasteiger partial charge on any atom is -0.369 e. The van der Waals surface area contributed by atoms with Gasteiger partial charge in [0.25, 0.3) is 0 Å². The molecule has 0 aliphatic rings. The number of likely N-dealkylation sites (N-methyl/N-ethyl adjacent to an activating group) is 1. The highest BCUT2D eigenvalue weighted by Crippen LogP contribution is 2.16. The zero-order valence-electron chi connectivity index (χ0n) is 12.8. The van der Waals surface area contributed by atoms with E-state index in [2.05, 4.69) is 38.2 Å². The molecule has 1 amide bonds. The highest BCUT2D eigenvalue weighted by molar-refractivity contribution is 5.77. The van der Waals surface area contributed by atoms with Gasteiger partial charge in [-0.2, -0.15) is 0 Å². The summed E-state index contributed by atoms with van der Waals surface area (Å²) < 4.78 is 5.28. The van der Waals surface area contributed by atoms with E-state index in [0.29, 0.717) is 18.5 Å². The van der Waals surface area contributed by atoms with Gasteiger partial charge in [0.1, 0.15) is 6.61 Å². The molecule has 0 saturated carbocycles. The number of nitrogens with zero attached hydrogens (tertiary/aromatic N) is 1. The van der Waals surface area contributed by atoms with E-state index in [0.717, 1.165) is 12.8 Å². The molecule has 0 aliphatic heterocycles. The Morgan fingerprint density at radius 3 is 2.17 bits per heavy atom. The summed E-state index contributed by atoms with van der Waals surface area (Å²) in [6.07, 6.45) is 2.37. The minimum absolute atomic E-state index is 0.0264. The fraction of sp³-hybridized carbons (Fsp3) is 0.929. The number of carbonyl (C=O) groups excluding carboxylic acids is 1. The van der Waals surface area contributed by atoms with E-state index in [1.54, 1.807) is 0 Å². The van der Waals surface area contributed by atoms with Crippen LogP contribution in [0.5, 0.6) is 0 Å². The predicted octanol–water partition coefficient (Wildman–Crippen LogP) is 1.89. The van der Waals surface area contributed by atoms with Crippen molar-refractivity contribution in [2.75, 3.05) is 27.2 Å². The zero-order chi connectivity index (χ0) is 14.1. The molecule has 0 rings (SSSR count). The number of ether oxygens (including phenoxy) is 1. The third-order valence-corrected chi connectivity index (χ3v) is 3.31. The van der Waals surface area contributed by atoms with Crippen LogP contribution in [0.15, 0.2) is 0 Å². The van der Waals surface area contributed by atoms with Gasteiger partial charge in [-0.15, -0.1) is 0 Å². The molecule has 4 nitrogen and oxygen atoms in total. The first-order valence-electron chi connectivity index (χ1n) is 6.97. The van der Waals surface area contributed by atoms with E-state index in [9.17, 15) is 4.79 Å². The van der Waals surface area contributed by atoms with Gasteiger partial charge in [0, 0.05) is 12.6 Å². The molecular formula is C14H30N2O2. The Hall–Kier alpha value is -0.610. The summed E-state index contributed by atoms with van der Waals surface area (Å²) in [5.41, 5.74) is 0. The van der Waals surface area contributed by atoms with E-state index in [-0.39, 0.29) is 18.6 Å². The highest BCUT2D eigenvalue weighted by Gasteiger charge is 2.21. The Bertz CT molecular complexity index is 226. The van der Waals surface area contributed by atoms with Crippen molar-refractivity contribution in [3.8, 4) is 0 Å². The Labute approximate surface area is 112 Å². The molecule has 0 aromatic rings. The van der Waals surface area contributed by atoms with Crippen molar-refractivity contribution in [3.05, 3.63) is 0 Å². The van der Waals surface area contributed by atoms with Crippen LogP contribution in [0.2, 0.25) is 0 Å². The molecule has 0 spiro atoms. The van der Waals surface area contributed by atoms with Crippen LogP contribution < -0.4 is 5.32 Å². The van der Waals surface area contributed by atoms with Crippen molar-refractivity contribution in [1.29, 1.82) is 0 Å². The molecule has 0 fully saturated rings. The molecule has 0 aliphatic carbocycles. The lowest BCUT2D eigenvalue weighted by Gasteiger charge is -2.31. The van der Waals surface area contributed by atoms with Gasteiger partial charge in [-0.05, 0) is 33.9 Å². The predicted molar refractivity (Wildman–Crippen MR) is 75.6 cm³/mol. The Morgan fingerprint density at radius 2 is 1.78 bits per heavy atom. The monoisotopic (exact) mass is 258 g/mol. The second-order valence-electron chi connectivity index (χ2n) is 5.27. The van der Waals surface area contributed by atoms with Crippen molar-refractivity contribution in [1.82, 2.24) is 10.2 Å². The Kier molecular flexibility index (Phi) is 9.02. The molecule has 4 heteroatoms. The average molecular weight is 258 g/mol. The van der Waals surface area contributed by atoms with Crippen LogP contribution in [0.25, 0.3) is 0 Å². The van der Waals surface area contributed by atoms with Crippen LogP contribution in [0.1, 0.15) is 40.5 Å². The lowest BCUT2D eigenvalue weighted by atomic mass is 9.93. The molecule has 1 atom stereocenters. The Morgan fingerprint density at radius 1 is 1.22 bits per heavy atom. The molecule has 0 aromatic heterocycles. The molecule has 1 unspecified atom stereocenters. The number of amides is 1. The van der Waals surface area contributed by atoms with Crippen LogP contribution in [-0.4, -0.2) is 50.2 Å². The summed E-state index contributed by atoms with van der Waals surface area (Å²) in [5.74, 6) is 0.591. The molecule has 0 radical (unpaired) electrons. The van der Waals surface area contributed by atoms with Gasteiger partial charge in [-0.3, -0.25) is 4.79 Å². The summed E-state index contributed by atoms with van der Waals surface area (Å²) in [7, 11) is 4.14. The van der Waals surface area contributed by atoms with E-state index in [1.807, 2.05) is 13.8 Å². The second kappa shape index (κ2) is 9.34. The third-order valence-electron chi connectivity index (χ3n) is 3.31. The molecule has 1 N–H and O–H groups in total. The molecule has 0 heterocycles. The second-order valence-corrected chi connectivity index (χ2v) is 5.27. The number of hydrogen-bond donors (Lipinski definition) is 1. The van der Waals surface area contributed by atoms with Gasteiger partial charge < -0.3 is 15.0 Å². The normalized spacial score (nSPS) is 13.4. The average Bonchev–Trinajstić information content (AvgIpc) is 2.31. The summed E-state index contributed by atoms with van der Waals surface area (Å²) in [6, 6.07) is 0.392. The standard InChI is InChI=1S/C14H30N2O2/c1-7-12(8-2)13(16(5)6)9-15-14(17)10-18-11(3)4/h11-13H,7-10H2,1-6H3,(H,15,17). The van der Waals surface area contributed by atoms with Crippen molar-refractivity contribution in [2.24, 2.45) is 5.92 Å². The molecular weight excluding hydrogens is 228 g/mol. The minimum atomic E-state index is -0.0264. The maximum Gasteiger partial charge on any atom is 0.246 e. The van der Waals surface area contributed by atoms with E-state index >= 15 is 0 Å². The van der Waals surface area contributed by atoms with Crippen LogP contribution in [0, 0.1) is 5.92 Å². The van der Waals surface area contributed by atoms with E-state index < -0.39 is 0 Å². The van der Waals surface area contributed by atoms with Crippen molar-refractivity contribution >= 4 is 5.91 Å². The lowest BCUT2D eigenvalue weighted by molar-refractivity contribution is -0.127. The summed E-state index contributed by atoms with van der Waals surface area (Å²) in [4.78, 5) is 13.8. The van der Waals surface area contributed by atoms with Gasteiger partial charge in [-0.25, -0.2) is 0 Å². The largest absolute Gasteiger partial charge is 0.369 e. The summed E-state index contributed by atoms with van der Waals surface area (Å²) >= 11 is 0. The van der Waals surface area contributed by atoms with Gasteiger partial charge in [-0.1, -0.05) is 26.7 Å². The van der Waals surface area contributed by atoms with E-state index in [1.165, 1.54) is 0 Å². The van der Waals surface area contributed by atoms with E-state index in [4.69, 9.17) is 4.74 Å². The summed E-state index contributed by atoms with van der Waals surface area (Å²) in [6.45, 7) is 9.11. The Balaban J connectivity index is 4.15. The van der Waals surface area contributed by atoms with Crippen molar-refractivity contribution < 1.29 is 9.53 Å². The topological polar surface area (TPSA) is 41.6 Å². The van der Waals surface area contributed by atoms with Gasteiger partial charge in [0.2, 0.25) is 5.91 Å². The zero-order valence-corrected chi connectivity index (χ0v) is 12.8. The molecule has 108 valence electrons. The molecule has 18 heavy (non-hydrogen) atoms. The number of nitrogens with one attached hydrogen (secondary N) is 1. The smallest absolute Gasteiger partial charge is 0.246 e. The SMILES string of the molecule is CCC(CC)C(CNC(=O)COC(C)C)N(C)C. The molecule has 0 aromatic carbocycles. The van der Waals surface area contributed by atoms with Crippen LogP contribution in [0.4, 0.5) is 0 Å². The third kappa shape index (κ3) is 6.97. The summed E-state index contributed by atoms with van der Waals surface area (Å²) in [5, 5.41) is 2.96. The highest BCUT2D eigenvalue weighted by atomic mass is 16.5. The quantitative estimate of drug-likeness (QED) is 0.687. The van der Waals surface area contributed by atoms with Gasteiger partial charge in [0.05, 0.1) is 6.10 Å². The number of hydrogen-bond acceptors (Lipinski definition) is 3. The number of carbonyl (C=O) groups is 1. The first-order valence-corrected chi connectivity index (χ1v) is 6.97. The van der Waals surface area contributed by atoms with Crippen molar-refractivity contribution in [3.63, 3.8) is 0 Å².